The molecule has 0 N–H and O–H groups in total. The Bertz CT molecular complexity index is 422. The third kappa shape index (κ3) is 4.56. The maximum Gasteiger partial charge on any atom is 0.0585 e. The SMILES string of the molecule is ClC(CCCC(Cl)c1ccccc1)c1ccccc1. The molecule has 0 spiro atoms. The van der Waals surface area contributed by atoms with Gasteiger partial charge in [0, 0.05) is 0 Å². The van der Waals surface area contributed by atoms with Crippen LogP contribution in [0.25, 0.3) is 0 Å². The first-order valence-corrected chi connectivity index (χ1v) is 7.52. The van der Waals surface area contributed by atoms with Crippen LogP contribution in [0.2, 0.25) is 0 Å². The molecule has 2 aromatic carbocycles. The third-order valence-electron chi connectivity index (χ3n) is 3.24. The van der Waals surface area contributed by atoms with Crippen molar-refractivity contribution in [3.05, 3.63) is 71.8 Å². The van der Waals surface area contributed by atoms with Gasteiger partial charge in [-0.3, -0.25) is 0 Å². The van der Waals surface area contributed by atoms with Crippen LogP contribution < -0.4 is 0 Å². The highest BCUT2D eigenvalue weighted by molar-refractivity contribution is 6.21. The summed E-state index contributed by atoms with van der Waals surface area (Å²) in [5.41, 5.74) is 2.38. The maximum absolute atomic E-state index is 6.39. The first-order valence-electron chi connectivity index (χ1n) is 6.65. The van der Waals surface area contributed by atoms with Crippen LogP contribution in [0.3, 0.4) is 0 Å². The molecule has 0 aromatic heterocycles. The predicted molar refractivity (Wildman–Crippen MR) is 83.9 cm³/mol. The van der Waals surface area contributed by atoms with Crippen LogP contribution in [0.4, 0.5) is 0 Å². The summed E-state index contributed by atoms with van der Waals surface area (Å²) in [6.45, 7) is 0. The summed E-state index contributed by atoms with van der Waals surface area (Å²) >= 11 is 12.8. The smallest absolute Gasteiger partial charge is 0.0585 e. The van der Waals surface area contributed by atoms with Gasteiger partial charge in [-0.05, 0) is 30.4 Å². The number of alkyl halides is 2. The van der Waals surface area contributed by atoms with Crippen molar-refractivity contribution in [2.45, 2.75) is 30.0 Å². The Morgan fingerprint density at radius 3 is 1.37 bits per heavy atom. The average molecular weight is 293 g/mol. The van der Waals surface area contributed by atoms with Crippen LogP contribution in [-0.2, 0) is 0 Å². The van der Waals surface area contributed by atoms with Gasteiger partial charge in [0.2, 0.25) is 0 Å². The van der Waals surface area contributed by atoms with Gasteiger partial charge in [0.15, 0.2) is 0 Å². The Morgan fingerprint density at radius 1 is 0.632 bits per heavy atom. The van der Waals surface area contributed by atoms with Crippen molar-refractivity contribution in [2.75, 3.05) is 0 Å². The molecule has 0 saturated heterocycles. The number of hydrogen-bond donors (Lipinski definition) is 0. The van der Waals surface area contributed by atoms with Crippen LogP contribution in [0, 0.1) is 0 Å². The second-order valence-corrected chi connectivity index (χ2v) is 5.74. The molecule has 2 heteroatoms. The third-order valence-corrected chi connectivity index (χ3v) is 4.18. The van der Waals surface area contributed by atoms with Crippen LogP contribution in [0.15, 0.2) is 60.7 Å². The van der Waals surface area contributed by atoms with Gasteiger partial charge < -0.3 is 0 Å². The van der Waals surface area contributed by atoms with E-state index in [-0.39, 0.29) is 10.8 Å². The largest absolute Gasteiger partial charge is 0.118 e. The summed E-state index contributed by atoms with van der Waals surface area (Å²) in [6, 6.07) is 20.4. The lowest BCUT2D eigenvalue weighted by atomic mass is 10.0. The zero-order chi connectivity index (χ0) is 13.5. The monoisotopic (exact) mass is 292 g/mol. The average Bonchev–Trinajstić information content (AvgIpc) is 2.49. The lowest BCUT2D eigenvalue weighted by Gasteiger charge is -2.12. The number of halogens is 2. The summed E-state index contributed by atoms with van der Waals surface area (Å²) in [6.07, 6.45) is 2.95. The minimum absolute atomic E-state index is 0.0841. The molecule has 0 radical (unpaired) electrons. The van der Waals surface area contributed by atoms with Gasteiger partial charge in [-0.25, -0.2) is 0 Å². The Balaban J connectivity index is 1.78. The molecule has 0 saturated carbocycles. The van der Waals surface area contributed by atoms with E-state index in [9.17, 15) is 0 Å². The molecule has 2 rings (SSSR count). The van der Waals surface area contributed by atoms with E-state index in [4.69, 9.17) is 23.2 Å². The molecular formula is C17H18Cl2. The van der Waals surface area contributed by atoms with Crippen molar-refractivity contribution in [2.24, 2.45) is 0 Å². The number of benzene rings is 2. The van der Waals surface area contributed by atoms with E-state index in [1.165, 1.54) is 11.1 Å². The van der Waals surface area contributed by atoms with Crippen molar-refractivity contribution in [3.63, 3.8) is 0 Å². The Labute approximate surface area is 125 Å². The zero-order valence-corrected chi connectivity index (χ0v) is 12.3. The van der Waals surface area contributed by atoms with E-state index in [1.807, 2.05) is 36.4 Å². The van der Waals surface area contributed by atoms with Crippen LogP contribution >= 0.6 is 23.2 Å². The van der Waals surface area contributed by atoms with Crippen LogP contribution in [-0.4, -0.2) is 0 Å². The quantitative estimate of drug-likeness (QED) is 0.563. The fourth-order valence-electron chi connectivity index (χ4n) is 2.13. The van der Waals surface area contributed by atoms with Crippen molar-refractivity contribution in [1.29, 1.82) is 0 Å². The first-order chi connectivity index (χ1) is 9.27. The van der Waals surface area contributed by atoms with Crippen molar-refractivity contribution in [3.8, 4) is 0 Å². The van der Waals surface area contributed by atoms with Gasteiger partial charge >= 0.3 is 0 Å². The zero-order valence-electron chi connectivity index (χ0n) is 10.8. The Kier molecular flexibility index (Phi) is 5.75. The molecule has 2 unspecified atom stereocenters. The molecule has 0 aliphatic heterocycles. The van der Waals surface area contributed by atoms with Crippen LogP contribution in [0.1, 0.15) is 41.1 Å². The van der Waals surface area contributed by atoms with E-state index in [1.54, 1.807) is 0 Å². The van der Waals surface area contributed by atoms with E-state index >= 15 is 0 Å². The van der Waals surface area contributed by atoms with Gasteiger partial charge in [-0.2, -0.15) is 0 Å². The Morgan fingerprint density at radius 2 is 1.00 bits per heavy atom. The van der Waals surface area contributed by atoms with E-state index in [2.05, 4.69) is 24.3 Å². The van der Waals surface area contributed by atoms with E-state index in [0.717, 1.165) is 19.3 Å². The molecule has 2 aromatic rings. The molecular weight excluding hydrogens is 275 g/mol. The molecule has 100 valence electrons. The van der Waals surface area contributed by atoms with Crippen molar-refractivity contribution < 1.29 is 0 Å². The lowest BCUT2D eigenvalue weighted by Crippen LogP contribution is -1.94. The van der Waals surface area contributed by atoms with Gasteiger partial charge in [0.05, 0.1) is 10.8 Å². The van der Waals surface area contributed by atoms with Crippen LogP contribution in [0.5, 0.6) is 0 Å². The highest BCUT2D eigenvalue weighted by Gasteiger charge is 2.10. The second-order valence-electron chi connectivity index (χ2n) is 4.69. The summed E-state index contributed by atoms with van der Waals surface area (Å²) < 4.78 is 0. The van der Waals surface area contributed by atoms with Gasteiger partial charge in [-0.15, -0.1) is 23.2 Å². The van der Waals surface area contributed by atoms with Gasteiger partial charge in [0.25, 0.3) is 0 Å². The summed E-state index contributed by atoms with van der Waals surface area (Å²) in [5.74, 6) is 0. The molecule has 0 fully saturated rings. The summed E-state index contributed by atoms with van der Waals surface area (Å²) in [7, 11) is 0. The van der Waals surface area contributed by atoms with E-state index in [0.29, 0.717) is 0 Å². The summed E-state index contributed by atoms with van der Waals surface area (Å²) in [4.78, 5) is 0. The molecule has 2 atom stereocenters. The predicted octanol–water partition coefficient (Wildman–Crippen LogP) is 6.12. The standard InChI is InChI=1S/C17H18Cl2/c18-16(14-8-3-1-4-9-14)12-7-13-17(19)15-10-5-2-6-11-15/h1-6,8-11,16-17H,7,12-13H2. The van der Waals surface area contributed by atoms with Crippen molar-refractivity contribution in [1.82, 2.24) is 0 Å². The lowest BCUT2D eigenvalue weighted by molar-refractivity contribution is 0.654. The van der Waals surface area contributed by atoms with Gasteiger partial charge in [0.1, 0.15) is 0 Å². The van der Waals surface area contributed by atoms with Crippen molar-refractivity contribution >= 4 is 23.2 Å². The molecule has 0 bridgehead atoms. The Hall–Kier alpha value is -0.980. The highest BCUT2D eigenvalue weighted by atomic mass is 35.5. The fourth-order valence-corrected chi connectivity index (χ4v) is 2.73. The molecule has 0 aliphatic carbocycles. The highest BCUT2D eigenvalue weighted by Crippen LogP contribution is 2.30. The van der Waals surface area contributed by atoms with E-state index < -0.39 is 0 Å². The molecule has 19 heavy (non-hydrogen) atoms. The molecule has 0 aliphatic rings. The minimum atomic E-state index is 0.0841. The summed E-state index contributed by atoms with van der Waals surface area (Å²) in [5, 5.41) is 0.168. The molecule has 0 amide bonds. The topological polar surface area (TPSA) is 0 Å². The fraction of sp³-hybridized carbons (Fsp3) is 0.294. The minimum Gasteiger partial charge on any atom is -0.118 e. The first kappa shape index (κ1) is 14.4. The number of hydrogen-bond acceptors (Lipinski definition) is 0. The molecule has 0 heterocycles. The molecule has 0 nitrogen and oxygen atoms in total. The maximum atomic E-state index is 6.39. The van der Waals surface area contributed by atoms with Gasteiger partial charge in [-0.1, -0.05) is 60.7 Å². The normalized spacial score (nSPS) is 14.0. The number of rotatable bonds is 6. The second kappa shape index (κ2) is 7.57.